The highest BCUT2D eigenvalue weighted by atomic mass is 32.2. The molecule has 1 aromatic carbocycles. The van der Waals surface area contributed by atoms with Gasteiger partial charge in [0.1, 0.15) is 6.04 Å². The number of aliphatic carboxylic acids is 1. The quantitative estimate of drug-likeness (QED) is 0.452. The molecule has 0 spiro atoms. The fourth-order valence-corrected chi connectivity index (χ4v) is 5.77. The fourth-order valence-electron chi connectivity index (χ4n) is 4.49. The van der Waals surface area contributed by atoms with Crippen LogP contribution in [0.1, 0.15) is 34.5 Å². The molecule has 0 aliphatic carbocycles. The van der Waals surface area contributed by atoms with E-state index < -0.39 is 33.9 Å². The van der Waals surface area contributed by atoms with Crippen molar-refractivity contribution < 1.29 is 45.9 Å². The maximum Gasteiger partial charge on any atom is 0.490 e. The van der Waals surface area contributed by atoms with Gasteiger partial charge in [0.25, 0.3) is 5.91 Å². The lowest BCUT2D eigenvalue weighted by Gasteiger charge is -2.29. The Morgan fingerprint density at radius 1 is 1.15 bits per heavy atom. The minimum Gasteiger partial charge on any atom is -0.475 e. The molecule has 3 aliphatic rings. The largest absolute Gasteiger partial charge is 0.490 e. The number of carbonyl (C=O) groups is 4. The molecular weight excluding hydrogens is 561 g/mol. The van der Waals surface area contributed by atoms with Crippen LogP contribution in [0, 0.1) is 0 Å². The van der Waals surface area contributed by atoms with Gasteiger partial charge in [0.05, 0.1) is 29.1 Å². The zero-order chi connectivity index (χ0) is 29.2. The molecule has 13 nitrogen and oxygen atoms in total. The molecule has 2 fully saturated rings. The van der Waals surface area contributed by atoms with Crippen LogP contribution < -0.4 is 5.32 Å². The number of piperidine rings is 1. The van der Waals surface area contributed by atoms with Gasteiger partial charge in [0.15, 0.2) is 9.84 Å². The van der Waals surface area contributed by atoms with E-state index in [1.165, 1.54) is 4.90 Å². The minimum atomic E-state index is -5.08. The van der Waals surface area contributed by atoms with Gasteiger partial charge in [-0.15, -0.1) is 5.10 Å². The first-order valence-corrected chi connectivity index (χ1v) is 14.0. The van der Waals surface area contributed by atoms with Crippen molar-refractivity contribution >= 4 is 33.5 Å². The van der Waals surface area contributed by atoms with E-state index in [0.717, 1.165) is 16.9 Å². The van der Waals surface area contributed by atoms with Gasteiger partial charge in [-0.1, -0.05) is 5.21 Å². The van der Waals surface area contributed by atoms with Crippen molar-refractivity contribution in [3.63, 3.8) is 0 Å². The summed E-state index contributed by atoms with van der Waals surface area (Å²) in [5.74, 6) is -3.32. The third-order valence-electron chi connectivity index (χ3n) is 6.68. The average Bonchev–Trinajstić information content (AvgIpc) is 3.48. The molecule has 0 bridgehead atoms. The molecule has 5 rings (SSSR count). The molecule has 2 aromatic rings. The number of carbonyl (C=O) groups excluding carboxylic acids is 3. The first-order chi connectivity index (χ1) is 18.7. The van der Waals surface area contributed by atoms with Crippen molar-refractivity contribution in [1.29, 1.82) is 0 Å². The van der Waals surface area contributed by atoms with Crippen LogP contribution in [0.4, 0.5) is 13.2 Å². The van der Waals surface area contributed by atoms with Crippen LogP contribution >= 0.6 is 0 Å². The lowest BCUT2D eigenvalue weighted by molar-refractivity contribution is -0.192. The lowest BCUT2D eigenvalue weighted by Crippen LogP contribution is -2.52. The Bertz CT molecular complexity index is 1430. The van der Waals surface area contributed by atoms with Crippen LogP contribution in [0.2, 0.25) is 0 Å². The number of carboxylic acid groups (broad SMARTS) is 1. The summed E-state index contributed by atoms with van der Waals surface area (Å²) in [7, 11) is -2.89. The van der Waals surface area contributed by atoms with Crippen molar-refractivity contribution in [2.45, 2.75) is 38.0 Å². The fraction of sp³-hybridized carbons (Fsp3) is 0.478. The van der Waals surface area contributed by atoms with Gasteiger partial charge in [-0.05, 0) is 30.2 Å². The zero-order valence-corrected chi connectivity index (χ0v) is 21.7. The van der Waals surface area contributed by atoms with E-state index in [0.29, 0.717) is 44.6 Å². The van der Waals surface area contributed by atoms with Crippen LogP contribution in [0.3, 0.4) is 0 Å². The number of hydrogen-bond donors (Lipinski definition) is 2. The Morgan fingerprint density at radius 3 is 2.45 bits per heavy atom. The summed E-state index contributed by atoms with van der Waals surface area (Å²) in [5.41, 5.74) is 2.90. The van der Waals surface area contributed by atoms with Gasteiger partial charge in [-0.25, -0.2) is 17.9 Å². The highest BCUT2D eigenvalue weighted by molar-refractivity contribution is 7.91. The second kappa shape index (κ2) is 11.3. The Balaban J connectivity index is 0.000000470. The van der Waals surface area contributed by atoms with E-state index in [1.807, 2.05) is 12.3 Å². The molecule has 1 atom stereocenters. The van der Waals surface area contributed by atoms with Gasteiger partial charge in [0.2, 0.25) is 11.8 Å². The third kappa shape index (κ3) is 6.82. The van der Waals surface area contributed by atoms with Gasteiger partial charge in [-0.2, -0.15) is 13.2 Å². The second-order valence-electron chi connectivity index (χ2n) is 9.44. The summed E-state index contributed by atoms with van der Waals surface area (Å²) in [6.45, 7) is 2.10. The number of amides is 3. The van der Waals surface area contributed by atoms with Gasteiger partial charge in [0, 0.05) is 44.6 Å². The molecule has 2 N–H and O–H groups in total. The number of halogens is 3. The van der Waals surface area contributed by atoms with E-state index in [-0.39, 0.29) is 29.7 Å². The molecule has 2 saturated heterocycles. The van der Waals surface area contributed by atoms with E-state index in [2.05, 4.69) is 20.5 Å². The number of sulfone groups is 1. The minimum absolute atomic E-state index is 0.198. The molecule has 0 radical (unpaired) electrons. The van der Waals surface area contributed by atoms with Crippen molar-refractivity contribution in [1.82, 2.24) is 30.1 Å². The number of imide groups is 1. The molecule has 17 heteroatoms. The normalized spacial score (nSPS) is 20.9. The zero-order valence-electron chi connectivity index (χ0n) is 20.9. The van der Waals surface area contributed by atoms with Gasteiger partial charge >= 0.3 is 12.1 Å². The van der Waals surface area contributed by atoms with Crippen LogP contribution in [-0.2, 0) is 37.2 Å². The second-order valence-corrected chi connectivity index (χ2v) is 11.7. The highest BCUT2D eigenvalue weighted by Gasteiger charge is 2.39. The molecule has 4 heterocycles. The van der Waals surface area contributed by atoms with Gasteiger partial charge < -0.3 is 14.9 Å². The van der Waals surface area contributed by atoms with E-state index >= 15 is 0 Å². The number of alkyl halides is 3. The summed E-state index contributed by atoms with van der Waals surface area (Å²) in [6, 6.07) is 4.74. The number of aromatic nitrogens is 3. The number of fused-ring (bicyclic) bond motifs is 1. The monoisotopic (exact) mass is 586 g/mol. The summed E-state index contributed by atoms with van der Waals surface area (Å²) in [5, 5.41) is 17.9. The molecule has 40 heavy (non-hydrogen) atoms. The molecule has 1 aromatic heterocycles. The standard InChI is InChI=1S/C21H24N6O5S.C2HF3O2/c28-19-4-3-18(20(29)22-19)26-12-14-11-16(1-2-17(14)21(26)30)27-13-15(23-24-27)5-6-25-7-9-33(31,32)10-8-25;3-2(4,5)1(6)7/h1-2,11,13,18H,3-10,12H2,(H,22,28,29);(H,6,7). The average molecular weight is 587 g/mol. The number of nitrogens with one attached hydrogen (secondary N) is 1. The van der Waals surface area contributed by atoms with Crippen molar-refractivity contribution in [3.8, 4) is 5.69 Å². The van der Waals surface area contributed by atoms with Crippen LogP contribution in [0.25, 0.3) is 5.69 Å². The van der Waals surface area contributed by atoms with E-state index in [9.17, 15) is 36.0 Å². The van der Waals surface area contributed by atoms with E-state index in [1.54, 1.807) is 16.8 Å². The number of rotatable bonds is 5. The lowest BCUT2D eigenvalue weighted by atomic mass is 10.0. The van der Waals surface area contributed by atoms with Crippen LogP contribution in [-0.4, -0.2) is 105 Å². The molecule has 3 amide bonds. The predicted molar refractivity (Wildman–Crippen MR) is 130 cm³/mol. The van der Waals surface area contributed by atoms with E-state index in [4.69, 9.17) is 9.90 Å². The maximum absolute atomic E-state index is 12.8. The molecule has 216 valence electrons. The molecule has 3 aliphatic heterocycles. The van der Waals surface area contributed by atoms with Crippen LogP contribution in [0.15, 0.2) is 24.4 Å². The third-order valence-corrected chi connectivity index (χ3v) is 8.29. The smallest absolute Gasteiger partial charge is 0.475 e. The number of carboxylic acids is 1. The summed E-state index contributed by atoms with van der Waals surface area (Å²) in [6.07, 6.45) is -2.05. The number of benzene rings is 1. The summed E-state index contributed by atoms with van der Waals surface area (Å²) >= 11 is 0. The Morgan fingerprint density at radius 2 is 1.82 bits per heavy atom. The predicted octanol–water partition coefficient (Wildman–Crippen LogP) is -0.0655. The van der Waals surface area contributed by atoms with Crippen molar-refractivity contribution in [2.75, 3.05) is 31.1 Å². The first kappa shape index (κ1) is 29.1. The SMILES string of the molecule is O=C(O)C(F)(F)F.O=C1CCC(N2Cc3cc(-n4cc(CCN5CCS(=O)(=O)CC5)nn4)ccc3C2=O)C(=O)N1. The maximum atomic E-state index is 12.8. The summed E-state index contributed by atoms with van der Waals surface area (Å²) in [4.78, 5) is 49.0. The topological polar surface area (TPSA) is 172 Å². The Labute approximate surface area is 225 Å². The number of hydrogen-bond acceptors (Lipinski definition) is 9. The Kier molecular flexibility index (Phi) is 8.25. The molecule has 1 unspecified atom stereocenters. The van der Waals surface area contributed by atoms with Gasteiger partial charge in [-0.3, -0.25) is 19.7 Å². The van der Waals surface area contributed by atoms with Crippen molar-refractivity contribution in [3.05, 3.63) is 41.2 Å². The molecular formula is C23H25F3N6O7S. The first-order valence-electron chi connectivity index (χ1n) is 12.2. The highest BCUT2D eigenvalue weighted by Crippen LogP contribution is 2.29. The molecule has 0 saturated carbocycles. The van der Waals surface area contributed by atoms with Crippen molar-refractivity contribution in [2.24, 2.45) is 0 Å². The number of nitrogens with zero attached hydrogens (tertiary/aromatic N) is 5. The van der Waals surface area contributed by atoms with Crippen LogP contribution in [0.5, 0.6) is 0 Å². The summed E-state index contributed by atoms with van der Waals surface area (Å²) < 4.78 is 56.5. The Hall–Kier alpha value is -3.86.